The monoisotopic (exact) mass is 464 g/mol. The lowest BCUT2D eigenvalue weighted by molar-refractivity contribution is -0.125. The number of sulfonamides is 1. The quantitative estimate of drug-likeness (QED) is 0.474. The van der Waals surface area contributed by atoms with E-state index in [0.717, 1.165) is 4.31 Å². The molecule has 9 heteroatoms. The van der Waals surface area contributed by atoms with Gasteiger partial charge in [0.2, 0.25) is 0 Å². The van der Waals surface area contributed by atoms with Crippen molar-refractivity contribution in [2.45, 2.75) is 31.2 Å². The first-order valence-electron chi connectivity index (χ1n) is 9.41. The van der Waals surface area contributed by atoms with E-state index in [2.05, 4.69) is 11.9 Å². The zero-order valence-corrected chi connectivity index (χ0v) is 19.2. The van der Waals surface area contributed by atoms with Crippen LogP contribution in [0.5, 0.6) is 0 Å². The minimum absolute atomic E-state index is 0.0132. The van der Waals surface area contributed by atoms with E-state index in [9.17, 15) is 18.0 Å². The highest BCUT2D eigenvalue weighted by atomic mass is 35.5. The molecular formula is C22H25ClN2O5S. The summed E-state index contributed by atoms with van der Waals surface area (Å²) < 4.78 is 32.6. The van der Waals surface area contributed by atoms with Crippen LogP contribution in [0, 0.1) is 0 Å². The summed E-state index contributed by atoms with van der Waals surface area (Å²) in [6, 6.07) is 11.8. The number of carbonyl (C=O) groups excluding carboxylic acids is 2. The molecule has 0 aromatic heterocycles. The number of halogens is 1. The molecule has 0 heterocycles. The Hall–Kier alpha value is -2.84. The van der Waals surface area contributed by atoms with Crippen molar-refractivity contribution in [2.24, 2.45) is 0 Å². The molecule has 0 spiro atoms. The van der Waals surface area contributed by atoms with E-state index in [1.54, 1.807) is 45.0 Å². The molecule has 0 unspecified atom stereocenters. The minimum atomic E-state index is -4.01. The predicted molar refractivity (Wildman–Crippen MR) is 121 cm³/mol. The van der Waals surface area contributed by atoms with Gasteiger partial charge in [0.15, 0.2) is 6.61 Å². The first-order valence-corrected chi connectivity index (χ1v) is 11.2. The van der Waals surface area contributed by atoms with Gasteiger partial charge in [-0.15, -0.1) is 6.58 Å². The number of rotatable bonds is 8. The van der Waals surface area contributed by atoms with Crippen LogP contribution < -0.4 is 9.62 Å². The normalized spacial score (nSPS) is 11.5. The van der Waals surface area contributed by atoms with Crippen molar-refractivity contribution < 1.29 is 22.7 Å². The lowest BCUT2D eigenvalue weighted by Gasteiger charge is -2.23. The average molecular weight is 465 g/mol. The number of esters is 1. The lowest BCUT2D eigenvalue weighted by atomic mass is 10.1. The molecule has 2 aromatic rings. The van der Waals surface area contributed by atoms with Crippen LogP contribution in [-0.4, -0.2) is 39.0 Å². The number of amides is 1. The number of hydrogen-bond acceptors (Lipinski definition) is 5. The SMILES string of the molecule is C=CCN(c1ccc(Cl)cc1)S(=O)(=O)c1cccc(C(=O)OCC(=O)NC(C)(C)C)c1. The average Bonchev–Trinajstić information content (AvgIpc) is 2.70. The van der Waals surface area contributed by atoms with Crippen molar-refractivity contribution in [1.29, 1.82) is 0 Å². The first-order chi connectivity index (χ1) is 14.4. The van der Waals surface area contributed by atoms with Gasteiger partial charge >= 0.3 is 5.97 Å². The van der Waals surface area contributed by atoms with E-state index in [4.69, 9.17) is 16.3 Å². The summed E-state index contributed by atoms with van der Waals surface area (Å²) in [5, 5.41) is 3.15. The second-order valence-corrected chi connectivity index (χ2v) is 10.0. The second-order valence-electron chi connectivity index (χ2n) is 7.70. The molecule has 0 saturated carbocycles. The summed E-state index contributed by atoms with van der Waals surface area (Å²) in [6.45, 7) is 8.57. The van der Waals surface area contributed by atoms with Gasteiger partial charge in [-0.25, -0.2) is 13.2 Å². The fourth-order valence-electron chi connectivity index (χ4n) is 2.65. The zero-order chi connectivity index (χ0) is 23.2. The van der Waals surface area contributed by atoms with E-state index in [1.165, 1.54) is 30.3 Å². The Bertz CT molecular complexity index is 1060. The molecule has 1 amide bonds. The van der Waals surface area contributed by atoms with E-state index in [1.807, 2.05) is 0 Å². The van der Waals surface area contributed by atoms with Gasteiger partial charge in [0.1, 0.15) is 0 Å². The molecule has 0 atom stereocenters. The van der Waals surface area contributed by atoms with Crippen LogP contribution in [0.2, 0.25) is 5.02 Å². The Labute approximate surface area is 187 Å². The van der Waals surface area contributed by atoms with Crippen molar-refractivity contribution in [3.8, 4) is 0 Å². The molecule has 0 aliphatic carbocycles. The Balaban J connectivity index is 2.25. The molecule has 0 radical (unpaired) electrons. The lowest BCUT2D eigenvalue weighted by Crippen LogP contribution is -2.42. The minimum Gasteiger partial charge on any atom is -0.452 e. The van der Waals surface area contributed by atoms with Crippen molar-refractivity contribution in [3.63, 3.8) is 0 Å². The maximum Gasteiger partial charge on any atom is 0.338 e. The standard InChI is InChI=1S/C22H25ClN2O5S/c1-5-13-25(18-11-9-17(23)10-12-18)31(28,29)19-8-6-7-16(14-19)21(27)30-15-20(26)24-22(2,3)4/h5-12,14H,1,13,15H2,2-4H3,(H,24,26). The van der Waals surface area contributed by atoms with Crippen LogP contribution in [0.1, 0.15) is 31.1 Å². The molecule has 166 valence electrons. The molecular weight excluding hydrogens is 440 g/mol. The molecule has 2 aromatic carbocycles. The van der Waals surface area contributed by atoms with Crippen LogP contribution in [0.4, 0.5) is 5.69 Å². The van der Waals surface area contributed by atoms with Gasteiger partial charge in [-0.2, -0.15) is 0 Å². The number of anilines is 1. The highest BCUT2D eigenvalue weighted by molar-refractivity contribution is 7.92. The molecule has 0 aliphatic heterocycles. The molecule has 2 rings (SSSR count). The van der Waals surface area contributed by atoms with E-state index < -0.39 is 34.0 Å². The van der Waals surface area contributed by atoms with Crippen LogP contribution in [-0.2, 0) is 19.6 Å². The summed E-state index contributed by atoms with van der Waals surface area (Å²) in [5.41, 5.74) is -0.0521. The topological polar surface area (TPSA) is 92.8 Å². The van der Waals surface area contributed by atoms with E-state index in [0.29, 0.717) is 10.7 Å². The highest BCUT2D eigenvalue weighted by Gasteiger charge is 2.25. The largest absolute Gasteiger partial charge is 0.452 e. The van der Waals surface area contributed by atoms with Crippen molar-refractivity contribution in [3.05, 3.63) is 71.8 Å². The van der Waals surface area contributed by atoms with E-state index in [-0.39, 0.29) is 17.0 Å². The van der Waals surface area contributed by atoms with Gasteiger partial charge in [-0.3, -0.25) is 9.10 Å². The zero-order valence-electron chi connectivity index (χ0n) is 17.6. The van der Waals surface area contributed by atoms with Crippen LogP contribution in [0.3, 0.4) is 0 Å². The summed E-state index contributed by atoms with van der Waals surface area (Å²) in [5.74, 6) is -1.26. The fraction of sp³-hybridized carbons (Fsp3) is 0.273. The van der Waals surface area contributed by atoms with Crippen LogP contribution >= 0.6 is 11.6 Å². The first kappa shape index (κ1) is 24.4. The van der Waals surface area contributed by atoms with Crippen LogP contribution in [0.15, 0.2) is 66.1 Å². The molecule has 0 bridgehead atoms. The van der Waals surface area contributed by atoms with Gasteiger partial charge in [-0.05, 0) is 63.2 Å². The third-order valence-electron chi connectivity index (χ3n) is 3.92. The highest BCUT2D eigenvalue weighted by Crippen LogP contribution is 2.25. The number of ether oxygens (including phenoxy) is 1. The fourth-order valence-corrected chi connectivity index (χ4v) is 4.25. The predicted octanol–water partition coefficient (Wildman–Crippen LogP) is 3.79. The smallest absolute Gasteiger partial charge is 0.338 e. The number of benzene rings is 2. The summed E-state index contributed by atoms with van der Waals surface area (Å²) in [6.07, 6.45) is 1.46. The maximum atomic E-state index is 13.2. The van der Waals surface area contributed by atoms with E-state index >= 15 is 0 Å². The molecule has 0 aliphatic rings. The van der Waals surface area contributed by atoms with Gasteiger partial charge in [0.05, 0.1) is 22.7 Å². The Kier molecular flexibility index (Phi) is 7.86. The maximum absolute atomic E-state index is 13.2. The number of nitrogens with one attached hydrogen (secondary N) is 1. The third kappa shape index (κ3) is 6.83. The van der Waals surface area contributed by atoms with Crippen molar-refractivity contribution in [2.75, 3.05) is 17.5 Å². The summed E-state index contributed by atoms with van der Waals surface area (Å²) in [4.78, 5) is 24.1. The molecule has 1 N–H and O–H groups in total. The van der Waals surface area contributed by atoms with Crippen LogP contribution in [0.25, 0.3) is 0 Å². The van der Waals surface area contributed by atoms with Gasteiger partial charge in [0, 0.05) is 10.6 Å². The summed E-state index contributed by atoms with van der Waals surface area (Å²) in [7, 11) is -4.01. The Morgan fingerprint density at radius 3 is 2.39 bits per heavy atom. The molecule has 7 nitrogen and oxygen atoms in total. The van der Waals surface area contributed by atoms with Gasteiger partial charge < -0.3 is 10.1 Å². The Morgan fingerprint density at radius 1 is 1.16 bits per heavy atom. The Morgan fingerprint density at radius 2 is 1.81 bits per heavy atom. The van der Waals surface area contributed by atoms with Gasteiger partial charge in [0.25, 0.3) is 15.9 Å². The molecule has 0 fully saturated rings. The number of carbonyl (C=O) groups is 2. The molecule has 31 heavy (non-hydrogen) atoms. The van der Waals surface area contributed by atoms with Crippen molar-refractivity contribution >= 4 is 39.2 Å². The molecule has 0 saturated heterocycles. The summed E-state index contributed by atoms with van der Waals surface area (Å²) >= 11 is 5.90. The van der Waals surface area contributed by atoms with Crippen molar-refractivity contribution in [1.82, 2.24) is 5.32 Å². The third-order valence-corrected chi connectivity index (χ3v) is 5.96. The number of hydrogen-bond donors (Lipinski definition) is 1. The van der Waals surface area contributed by atoms with Gasteiger partial charge in [-0.1, -0.05) is 23.7 Å². The second kappa shape index (κ2) is 9.98. The number of nitrogens with zero attached hydrogens (tertiary/aromatic N) is 1.